The summed E-state index contributed by atoms with van der Waals surface area (Å²) in [6.07, 6.45) is 3.65. The summed E-state index contributed by atoms with van der Waals surface area (Å²) in [7, 11) is 0. The summed E-state index contributed by atoms with van der Waals surface area (Å²) in [6, 6.07) is -0.531. The van der Waals surface area contributed by atoms with E-state index in [1.165, 1.54) is 0 Å². The van der Waals surface area contributed by atoms with Crippen LogP contribution in [0.15, 0.2) is 0 Å². The van der Waals surface area contributed by atoms with Gasteiger partial charge in [0.15, 0.2) is 0 Å². The van der Waals surface area contributed by atoms with Gasteiger partial charge in [-0.3, -0.25) is 4.79 Å². The fraction of sp³-hybridized carbons (Fsp3) is 0.727. The van der Waals surface area contributed by atoms with Crippen LogP contribution in [0.2, 0.25) is 0 Å². The Balaban J connectivity index is 1.95. The summed E-state index contributed by atoms with van der Waals surface area (Å²) in [5.74, 6) is -1.40. The number of hydrogen-bond acceptors (Lipinski definition) is 3. The third-order valence-corrected chi connectivity index (χ3v) is 4.38. The van der Waals surface area contributed by atoms with Crippen LogP contribution in [0.4, 0.5) is 4.79 Å². The highest BCUT2D eigenvalue weighted by molar-refractivity contribution is 6.11. The van der Waals surface area contributed by atoms with E-state index >= 15 is 0 Å². The van der Waals surface area contributed by atoms with Crippen molar-refractivity contribution in [3.8, 4) is 0 Å². The smallest absolute Gasteiger partial charge is 0.330 e. The van der Waals surface area contributed by atoms with Crippen LogP contribution in [0.5, 0.6) is 0 Å². The van der Waals surface area contributed by atoms with Crippen molar-refractivity contribution in [2.24, 2.45) is 0 Å². The number of carboxylic acid groups (broad SMARTS) is 1. The minimum absolute atomic E-state index is 0.337. The lowest BCUT2D eigenvalue weighted by Crippen LogP contribution is -2.62. The predicted octanol–water partition coefficient (Wildman–Crippen LogP) is 0.468. The molecule has 1 saturated heterocycles. The van der Waals surface area contributed by atoms with Crippen molar-refractivity contribution in [2.75, 3.05) is 0 Å². The molecule has 6 heteroatoms. The molecular formula is C11H14N2O4. The zero-order valence-corrected chi connectivity index (χ0v) is 9.36. The molecule has 17 heavy (non-hydrogen) atoms. The van der Waals surface area contributed by atoms with Gasteiger partial charge >= 0.3 is 12.0 Å². The average molecular weight is 238 g/mol. The third-order valence-electron chi connectivity index (χ3n) is 4.38. The number of carbonyl (C=O) groups excluding carboxylic acids is 2. The second kappa shape index (κ2) is 3.00. The maximum Gasteiger partial charge on any atom is 0.330 e. The molecule has 92 valence electrons. The fourth-order valence-electron chi connectivity index (χ4n) is 2.92. The average Bonchev–Trinajstić information content (AvgIpc) is 2.39. The molecule has 3 fully saturated rings. The zero-order valence-electron chi connectivity index (χ0n) is 9.36. The number of carbonyl (C=O) groups is 3. The van der Waals surface area contributed by atoms with E-state index in [1.54, 1.807) is 0 Å². The molecule has 0 aromatic heterocycles. The Kier molecular flexibility index (Phi) is 1.86. The SMILES string of the molecule is O=C1NC2(CCC2)C(=O)N1C1(C(=O)O)CCC1. The highest BCUT2D eigenvalue weighted by Crippen LogP contribution is 2.45. The molecule has 2 saturated carbocycles. The Bertz CT molecular complexity index is 423. The molecule has 1 spiro atoms. The molecule has 0 radical (unpaired) electrons. The molecule has 0 aromatic rings. The first kappa shape index (κ1) is 10.6. The van der Waals surface area contributed by atoms with Crippen LogP contribution in [-0.2, 0) is 9.59 Å². The molecule has 0 atom stereocenters. The van der Waals surface area contributed by atoms with Crippen molar-refractivity contribution in [3.63, 3.8) is 0 Å². The van der Waals surface area contributed by atoms with Crippen molar-refractivity contribution >= 4 is 17.9 Å². The number of aliphatic carboxylic acids is 1. The molecule has 0 bridgehead atoms. The normalized spacial score (nSPS) is 28.6. The second-order valence-corrected chi connectivity index (χ2v) is 5.20. The van der Waals surface area contributed by atoms with Crippen LogP contribution < -0.4 is 5.32 Å². The van der Waals surface area contributed by atoms with Gasteiger partial charge in [-0.1, -0.05) is 0 Å². The van der Waals surface area contributed by atoms with E-state index in [9.17, 15) is 19.5 Å². The fourth-order valence-corrected chi connectivity index (χ4v) is 2.92. The lowest BCUT2D eigenvalue weighted by molar-refractivity contribution is -0.162. The summed E-state index contributed by atoms with van der Waals surface area (Å²) in [5.41, 5.74) is -2.06. The zero-order chi connectivity index (χ0) is 12.3. The first-order valence-corrected chi connectivity index (χ1v) is 5.92. The number of carboxylic acids is 1. The number of hydrogen-bond donors (Lipinski definition) is 2. The van der Waals surface area contributed by atoms with E-state index in [4.69, 9.17) is 0 Å². The summed E-state index contributed by atoms with van der Waals surface area (Å²) in [6.45, 7) is 0. The Morgan fingerprint density at radius 3 is 2.06 bits per heavy atom. The largest absolute Gasteiger partial charge is 0.479 e. The number of nitrogens with zero attached hydrogens (tertiary/aromatic N) is 1. The maximum absolute atomic E-state index is 12.2. The standard InChI is InChI=1S/C11H14N2O4/c14-7-10(3-1-4-10)12-9(17)13(7)11(8(15)16)5-2-6-11/h1-6H2,(H,12,17)(H,15,16). The van der Waals surface area contributed by atoms with Gasteiger partial charge in [0.05, 0.1) is 0 Å². The Morgan fingerprint density at radius 2 is 1.76 bits per heavy atom. The van der Waals surface area contributed by atoms with E-state index in [0.717, 1.165) is 17.7 Å². The van der Waals surface area contributed by atoms with Crippen molar-refractivity contribution in [2.45, 2.75) is 49.6 Å². The highest BCUT2D eigenvalue weighted by atomic mass is 16.4. The van der Waals surface area contributed by atoms with E-state index in [0.29, 0.717) is 25.7 Å². The van der Waals surface area contributed by atoms with Gasteiger partial charge < -0.3 is 10.4 Å². The Hall–Kier alpha value is -1.59. The molecule has 1 heterocycles. The third kappa shape index (κ3) is 1.08. The number of rotatable bonds is 2. The van der Waals surface area contributed by atoms with Gasteiger partial charge in [0.25, 0.3) is 5.91 Å². The van der Waals surface area contributed by atoms with E-state index in [1.807, 2.05) is 0 Å². The molecule has 0 unspecified atom stereocenters. The molecule has 3 amide bonds. The number of urea groups is 1. The van der Waals surface area contributed by atoms with Crippen LogP contribution in [0, 0.1) is 0 Å². The first-order valence-electron chi connectivity index (χ1n) is 5.92. The molecular weight excluding hydrogens is 224 g/mol. The Morgan fingerprint density at radius 1 is 1.18 bits per heavy atom. The van der Waals surface area contributed by atoms with Crippen molar-refractivity contribution in [3.05, 3.63) is 0 Å². The summed E-state index contributed by atoms with van der Waals surface area (Å²) >= 11 is 0. The molecule has 3 rings (SSSR count). The number of amides is 3. The van der Waals surface area contributed by atoms with Crippen molar-refractivity contribution in [1.29, 1.82) is 0 Å². The van der Waals surface area contributed by atoms with Crippen LogP contribution in [0.25, 0.3) is 0 Å². The van der Waals surface area contributed by atoms with Gasteiger partial charge in [-0.05, 0) is 38.5 Å². The van der Waals surface area contributed by atoms with Gasteiger partial charge in [-0.2, -0.15) is 0 Å². The minimum atomic E-state index is -1.28. The summed E-state index contributed by atoms with van der Waals surface area (Å²) < 4.78 is 0. The van der Waals surface area contributed by atoms with Crippen LogP contribution in [0.1, 0.15) is 38.5 Å². The van der Waals surface area contributed by atoms with Crippen molar-refractivity contribution in [1.82, 2.24) is 10.2 Å². The lowest BCUT2D eigenvalue weighted by Gasteiger charge is -2.44. The number of imide groups is 1. The Labute approximate surface area is 98.0 Å². The van der Waals surface area contributed by atoms with E-state index in [-0.39, 0.29) is 5.91 Å². The van der Waals surface area contributed by atoms with Crippen LogP contribution in [0.3, 0.4) is 0 Å². The van der Waals surface area contributed by atoms with Gasteiger partial charge in [0, 0.05) is 0 Å². The van der Waals surface area contributed by atoms with Crippen LogP contribution in [-0.4, -0.2) is 39.0 Å². The predicted molar refractivity (Wildman–Crippen MR) is 56.2 cm³/mol. The van der Waals surface area contributed by atoms with E-state index in [2.05, 4.69) is 5.32 Å². The van der Waals surface area contributed by atoms with Crippen LogP contribution >= 0.6 is 0 Å². The highest BCUT2D eigenvalue weighted by Gasteiger charge is 2.64. The molecule has 6 nitrogen and oxygen atoms in total. The van der Waals surface area contributed by atoms with Gasteiger partial charge in [-0.15, -0.1) is 0 Å². The van der Waals surface area contributed by atoms with Gasteiger partial charge in [-0.25, -0.2) is 14.5 Å². The quantitative estimate of drug-likeness (QED) is 0.684. The first-order chi connectivity index (χ1) is 8.02. The van der Waals surface area contributed by atoms with Crippen molar-refractivity contribution < 1.29 is 19.5 Å². The molecule has 2 aliphatic carbocycles. The maximum atomic E-state index is 12.2. The van der Waals surface area contributed by atoms with Gasteiger partial charge in [0.2, 0.25) is 0 Å². The molecule has 2 N–H and O–H groups in total. The summed E-state index contributed by atoms with van der Waals surface area (Å²) in [4.78, 5) is 36.4. The molecule has 3 aliphatic rings. The monoisotopic (exact) mass is 238 g/mol. The summed E-state index contributed by atoms with van der Waals surface area (Å²) in [5, 5.41) is 11.9. The van der Waals surface area contributed by atoms with E-state index < -0.39 is 23.1 Å². The van der Waals surface area contributed by atoms with Gasteiger partial charge in [0.1, 0.15) is 11.1 Å². The minimum Gasteiger partial charge on any atom is -0.479 e. The lowest BCUT2D eigenvalue weighted by atomic mass is 9.73. The molecule has 1 aliphatic heterocycles. The topological polar surface area (TPSA) is 86.7 Å². The second-order valence-electron chi connectivity index (χ2n) is 5.20. The number of nitrogens with one attached hydrogen (secondary N) is 1. The molecule has 0 aromatic carbocycles.